The third kappa shape index (κ3) is 4.42. The molecule has 0 unspecified atom stereocenters. The maximum atomic E-state index is 13.1. The molecule has 6 nitrogen and oxygen atoms in total. The summed E-state index contributed by atoms with van der Waals surface area (Å²) < 4.78 is 22.1. The van der Waals surface area contributed by atoms with Gasteiger partial charge in [-0.15, -0.1) is 0 Å². The fourth-order valence-corrected chi connectivity index (χ4v) is 3.99. The van der Waals surface area contributed by atoms with Crippen molar-refractivity contribution in [2.24, 2.45) is 0 Å². The van der Waals surface area contributed by atoms with Gasteiger partial charge in [-0.1, -0.05) is 25.0 Å². The second kappa shape index (κ2) is 8.64. The van der Waals surface area contributed by atoms with E-state index >= 15 is 0 Å². The molecule has 1 heterocycles. The maximum Gasteiger partial charge on any atom is 0.261 e. The number of hydrogen-bond acceptors (Lipinski definition) is 5. The van der Waals surface area contributed by atoms with Crippen molar-refractivity contribution in [1.29, 1.82) is 0 Å². The quantitative estimate of drug-likeness (QED) is 0.705. The smallest absolute Gasteiger partial charge is 0.261 e. The van der Waals surface area contributed by atoms with Gasteiger partial charge in [0.1, 0.15) is 0 Å². The average Bonchev–Trinajstić information content (AvgIpc) is 3.42. The lowest BCUT2D eigenvalue weighted by Crippen LogP contribution is -2.41. The molecule has 1 amide bonds. The van der Waals surface area contributed by atoms with E-state index in [-0.39, 0.29) is 25.3 Å². The first-order valence-corrected chi connectivity index (χ1v) is 10.1. The van der Waals surface area contributed by atoms with E-state index in [9.17, 15) is 4.79 Å². The molecule has 29 heavy (non-hydrogen) atoms. The number of amides is 1. The number of rotatable bonds is 7. The van der Waals surface area contributed by atoms with E-state index in [0.29, 0.717) is 18.0 Å². The molecule has 0 bridgehead atoms. The second-order valence-corrected chi connectivity index (χ2v) is 7.59. The summed E-state index contributed by atoms with van der Waals surface area (Å²) in [6.07, 6.45) is 4.37. The fourth-order valence-electron chi connectivity index (χ4n) is 3.99. The number of benzene rings is 2. The van der Waals surface area contributed by atoms with E-state index in [4.69, 9.17) is 18.9 Å². The lowest BCUT2D eigenvalue weighted by molar-refractivity contribution is -0.136. The van der Waals surface area contributed by atoms with Crippen LogP contribution in [-0.4, -0.2) is 37.4 Å². The molecule has 4 rings (SSSR count). The summed E-state index contributed by atoms with van der Waals surface area (Å²) in [4.78, 5) is 15.1. The summed E-state index contributed by atoms with van der Waals surface area (Å²) in [7, 11) is 1.61. The van der Waals surface area contributed by atoms with E-state index in [1.807, 2.05) is 48.2 Å². The molecule has 0 aromatic heterocycles. The summed E-state index contributed by atoms with van der Waals surface area (Å²) in [5, 5.41) is 0. The zero-order valence-corrected chi connectivity index (χ0v) is 17.0. The monoisotopic (exact) mass is 397 g/mol. The van der Waals surface area contributed by atoms with Gasteiger partial charge in [0.2, 0.25) is 6.79 Å². The highest BCUT2D eigenvalue weighted by Crippen LogP contribution is 2.34. The number of methoxy groups -OCH3 is 1. The van der Waals surface area contributed by atoms with Gasteiger partial charge in [-0.3, -0.25) is 4.79 Å². The zero-order valence-electron chi connectivity index (χ0n) is 17.0. The van der Waals surface area contributed by atoms with Crippen molar-refractivity contribution in [1.82, 2.24) is 4.90 Å². The molecule has 2 aliphatic rings. The Bertz CT molecular complexity index is 876. The number of aryl methyl sites for hydroxylation is 1. The Hall–Kier alpha value is -2.89. The van der Waals surface area contributed by atoms with Crippen LogP contribution in [-0.2, 0) is 11.3 Å². The number of fused-ring (bicyclic) bond motifs is 1. The predicted octanol–water partition coefficient (Wildman–Crippen LogP) is 4.08. The van der Waals surface area contributed by atoms with E-state index in [0.717, 1.165) is 48.3 Å². The molecule has 0 saturated heterocycles. The molecule has 0 atom stereocenters. The summed E-state index contributed by atoms with van der Waals surface area (Å²) in [6, 6.07) is 11.8. The summed E-state index contributed by atoms with van der Waals surface area (Å²) in [5.41, 5.74) is 2.11. The van der Waals surface area contributed by atoms with Gasteiger partial charge in [-0.05, 0) is 55.2 Å². The third-order valence-corrected chi connectivity index (χ3v) is 5.55. The summed E-state index contributed by atoms with van der Waals surface area (Å²) in [6.45, 7) is 2.76. The molecular weight excluding hydrogens is 370 g/mol. The van der Waals surface area contributed by atoms with Crippen LogP contribution in [0.5, 0.6) is 23.0 Å². The van der Waals surface area contributed by atoms with Crippen LogP contribution in [0.4, 0.5) is 0 Å². The molecule has 0 N–H and O–H groups in total. The fraction of sp³-hybridized carbons (Fsp3) is 0.435. The molecular formula is C23H27NO5. The minimum atomic E-state index is -0.0165. The Morgan fingerprint density at radius 3 is 2.66 bits per heavy atom. The van der Waals surface area contributed by atoms with Crippen molar-refractivity contribution in [2.75, 3.05) is 20.5 Å². The van der Waals surface area contributed by atoms with E-state index < -0.39 is 0 Å². The van der Waals surface area contributed by atoms with E-state index in [1.54, 1.807) is 7.11 Å². The lowest BCUT2D eigenvalue weighted by Gasteiger charge is -2.29. The van der Waals surface area contributed by atoms with Gasteiger partial charge >= 0.3 is 0 Å². The number of carbonyl (C=O) groups excluding carboxylic acids is 1. The highest BCUT2D eigenvalue weighted by molar-refractivity contribution is 5.78. The minimum absolute atomic E-state index is 0.0134. The van der Waals surface area contributed by atoms with Gasteiger partial charge in [-0.25, -0.2) is 0 Å². The first kappa shape index (κ1) is 19.4. The molecule has 0 spiro atoms. The number of ether oxygens (including phenoxy) is 4. The number of carbonyl (C=O) groups is 1. The molecule has 0 radical (unpaired) electrons. The summed E-state index contributed by atoms with van der Waals surface area (Å²) >= 11 is 0. The molecule has 1 fully saturated rings. The van der Waals surface area contributed by atoms with Gasteiger partial charge < -0.3 is 23.8 Å². The highest BCUT2D eigenvalue weighted by atomic mass is 16.7. The van der Waals surface area contributed by atoms with Crippen LogP contribution in [0.25, 0.3) is 0 Å². The van der Waals surface area contributed by atoms with Crippen LogP contribution in [0.1, 0.15) is 36.8 Å². The Morgan fingerprint density at radius 2 is 1.86 bits per heavy atom. The van der Waals surface area contributed by atoms with Crippen molar-refractivity contribution < 1.29 is 23.7 Å². The third-order valence-electron chi connectivity index (χ3n) is 5.55. The van der Waals surface area contributed by atoms with Crippen LogP contribution in [0.2, 0.25) is 0 Å². The van der Waals surface area contributed by atoms with Crippen molar-refractivity contribution in [2.45, 2.75) is 45.2 Å². The molecule has 2 aromatic carbocycles. The molecule has 154 valence electrons. The Balaban J connectivity index is 1.47. The van der Waals surface area contributed by atoms with Crippen LogP contribution >= 0.6 is 0 Å². The Morgan fingerprint density at radius 1 is 1.07 bits per heavy atom. The summed E-state index contributed by atoms with van der Waals surface area (Å²) in [5.74, 6) is 2.70. The van der Waals surface area contributed by atoms with Crippen LogP contribution in [0.15, 0.2) is 36.4 Å². The maximum absolute atomic E-state index is 13.1. The first-order valence-electron chi connectivity index (χ1n) is 10.1. The standard InChI is InChI=1S/C23H27NO5/c1-16-7-9-19(21(11-16)26-2)27-14-23(25)24(18-5-3-4-6-18)13-17-8-10-20-22(12-17)29-15-28-20/h7-12,18H,3-6,13-15H2,1-2H3. The van der Waals surface area contributed by atoms with Crippen LogP contribution in [0, 0.1) is 6.92 Å². The molecule has 1 saturated carbocycles. The minimum Gasteiger partial charge on any atom is -0.493 e. The van der Waals surface area contributed by atoms with Gasteiger partial charge in [0, 0.05) is 12.6 Å². The van der Waals surface area contributed by atoms with Gasteiger partial charge in [-0.2, -0.15) is 0 Å². The van der Waals surface area contributed by atoms with Crippen LogP contribution < -0.4 is 18.9 Å². The largest absolute Gasteiger partial charge is 0.493 e. The molecule has 1 aliphatic heterocycles. The highest BCUT2D eigenvalue weighted by Gasteiger charge is 2.28. The molecule has 2 aromatic rings. The lowest BCUT2D eigenvalue weighted by atomic mass is 10.1. The SMILES string of the molecule is COc1cc(C)ccc1OCC(=O)N(Cc1ccc2c(c1)OCO2)C1CCCC1. The first-order chi connectivity index (χ1) is 14.1. The predicted molar refractivity (Wildman–Crippen MR) is 109 cm³/mol. The van der Waals surface area contributed by atoms with Gasteiger partial charge in [0.15, 0.2) is 29.6 Å². The Kier molecular flexibility index (Phi) is 5.79. The van der Waals surface area contributed by atoms with Crippen molar-refractivity contribution >= 4 is 5.91 Å². The van der Waals surface area contributed by atoms with E-state index in [2.05, 4.69) is 0 Å². The normalized spacial score (nSPS) is 15.4. The van der Waals surface area contributed by atoms with Crippen LogP contribution in [0.3, 0.4) is 0 Å². The zero-order chi connectivity index (χ0) is 20.2. The number of nitrogens with zero attached hydrogens (tertiary/aromatic N) is 1. The van der Waals surface area contributed by atoms with Crippen molar-refractivity contribution in [3.63, 3.8) is 0 Å². The second-order valence-electron chi connectivity index (χ2n) is 7.59. The molecule has 1 aliphatic carbocycles. The topological polar surface area (TPSA) is 57.2 Å². The average molecular weight is 397 g/mol. The van der Waals surface area contributed by atoms with E-state index in [1.165, 1.54) is 0 Å². The molecule has 6 heteroatoms. The van der Waals surface area contributed by atoms with Gasteiger partial charge in [0.25, 0.3) is 5.91 Å². The van der Waals surface area contributed by atoms with Gasteiger partial charge in [0.05, 0.1) is 7.11 Å². The van der Waals surface area contributed by atoms with Crippen molar-refractivity contribution in [3.8, 4) is 23.0 Å². The Labute approximate surface area is 171 Å². The number of hydrogen-bond donors (Lipinski definition) is 0. The van der Waals surface area contributed by atoms with Crippen molar-refractivity contribution in [3.05, 3.63) is 47.5 Å².